The van der Waals surface area contributed by atoms with Gasteiger partial charge in [-0.25, -0.2) is 0 Å². The molecule has 0 radical (unpaired) electrons. The highest BCUT2D eigenvalue weighted by molar-refractivity contribution is 5.43. The van der Waals surface area contributed by atoms with Crippen molar-refractivity contribution in [1.82, 2.24) is 9.80 Å². The van der Waals surface area contributed by atoms with E-state index >= 15 is 0 Å². The quantitative estimate of drug-likeness (QED) is 0.649. The Hall–Kier alpha value is -1.56. The van der Waals surface area contributed by atoms with Crippen LogP contribution in [0.4, 0.5) is 0 Å². The zero-order chi connectivity index (χ0) is 18.9. The molecule has 0 spiro atoms. The molecular formula is C21H34N2O3. The molecule has 2 rings (SSSR count). The van der Waals surface area contributed by atoms with Gasteiger partial charge in [0.05, 0.1) is 7.11 Å². The fourth-order valence-electron chi connectivity index (χ4n) is 3.44. The summed E-state index contributed by atoms with van der Waals surface area (Å²) in [6.45, 7) is 10.8. The topological polar surface area (TPSA) is 45.2 Å². The molecule has 1 aromatic rings. The van der Waals surface area contributed by atoms with Crippen LogP contribution in [-0.2, 0) is 6.54 Å². The number of rotatable bonds is 10. The van der Waals surface area contributed by atoms with Gasteiger partial charge in [-0.05, 0) is 57.6 Å². The molecule has 5 heteroatoms. The molecule has 0 aromatic heterocycles. The molecule has 1 aliphatic rings. The van der Waals surface area contributed by atoms with Gasteiger partial charge < -0.3 is 19.5 Å². The van der Waals surface area contributed by atoms with Gasteiger partial charge in [-0.15, -0.1) is 0 Å². The van der Waals surface area contributed by atoms with E-state index in [2.05, 4.69) is 23.4 Å². The summed E-state index contributed by atoms with van der Waals surface area (Å²) in [5, 5.41) is 10.3. The van der Waals surface area contributed by atoms with Crippen molar-refractivity contribution in [3.63, 3.8) is 0 Å². The third-order valence-corrected chi connectivity index (χ3v) is 4.57. The second kappa shape index (κ2) is 10.6. The second-order valence-electron chi connectivity index (χ2n) is 7.44. The van der Waals surface area contributed by atoms with Crippen molar-refractivity contribution in [3.05, 3.63) is 35.9 Å². The number of methoxy groups -OCH3 is 1. The first-order valence-electron chi connectivity index (χ1n) is 9.51. The molecule has 1 saturated heterocycles. The lowest BCUT2D eigenvalue weighted by Crippen LogP contribution is -2.38. The Labute approximate surface area is 158 Å². The lowest BCUT2D eigenvalue weighted by molar-refractivity contribution is 0.0608. The van der Waals surface area contributed by atoms with Crippen LogP contribution in [0.5, 0.6) is 11.5 Å². The predicted molar refractivity (Wildman–Crippen MR) is 106 cm³/mol. The van der Waals surface area contributed by atoms with Gasteiger partial charge in [0, 0.05) is 19.6 Å². The van der Waals surface area contributed by atoms with E-state index < -0.39 is 6.10 Å². The smallest absolute Gasteiger partial charge is 0.161 e. The maximum atomic E-state index is 10.3. The van der Waals surface area contributed by atoms with Crippen molar-refractivity contribution in [2.45, 2.75) is 38.8 Å². The Morgan fingerprint density at radius 2 is 2.00 bits per heavy atom. The Kier molecular flexibility index (Phi) is 8.42. The Morgan fingerprint density at radius 3 is 2.65 bits per heavy atom. The van der Waals surface area contributed by atoms with Crippen LogP contribution in [0.1, 0.15) is 31.7 Å². The number of hydrogen-bond acceptors (Lipinski definition) is 5. The summed E-state index contributed by atoms with van der Waals surface area (Å²) in [6.07, 6.45) is 3.25. The van der Waals surface area contributed by atoms with Crippen LogP contribution < -0.4 is 9.47 Å². The number of aliphatic hydroxyl groups excluding tert-OH is 1. The molecule has 1 heterocycles. The molecule has 1 fully saturated rings. The zero-order valence-electron chi connectivity index (χ0n) is 16.5. The number of β-amino-alcohol motifs (C(OH)–C–C–N with tert-alkyl or cyclic N) is 1. The van der Waals surface area contributed by atoms with Gasteiger partial charge in [-0.2, -0.15) is 0 Å². The van der Waals surface area contributed by atoms with Crippen LogP contribution in [0.2, 0.25) is 0 Å². The molecule has 1 N–H and O–H groups in total. The van der Waals surface area contributed by atoms with Gasteiger partial charge in [-0.3, -0.25) is 4.90 Å². The van der Waals surface area contributed by atoms with Gasteiger partial charge in [-0.1, -0.05) is 24.6 Å². The number of likely N-dealkylation sites (N-methyl/N-ethyl adjacent to an activating group) is 1. The molecule has 0 saturated carbocycles. The lowest BCUT2D eigenvalue weighted by Gasteiger charge is -2.28. The first-order valence-corrected chi connectivity index (χ1v) is 9.51. The van der Waals surface area contributed by atoms with Crippen LogP contribution in [-0.4, -0.2) is 68.0 Å². The SMILES string of the molecule is C=C(C)CN(C)Cc1ccc(OC)c(OC[C@H](O)CN2CCCCC2)c1. The number of piperidine rings is 1. The van der Waals surface area contributed by atoms with E-state index in [0.717, 1.165) is 37.3 Å². The van der Waals surface area contributed by atoms with E-state index in [9.17, 15) is 5.11 Å². The van der Waals surface area contributed by atoms with E-state index in [1.165, 1.54) is 19.3 Å². The molecule has 0 unspecified atom stereocenters. The summed E-state index contributed by atoms with van der Waals surface area (Å²) in [5.74, 6) is 1.38. The summed E-state index contributed by atoms with van der Waals surface area (Å²) in [5.41, 5.74) is 2.29. The highest BCUT2D eigenvalue weighted by Gasteiger charge is 2.16. The van der Waals surface area contributed by atoms with Crippen molar-refractivity contribution in [2.24, 2.45) is 0 Å². The van der Waals surface area contributed by atoms with Gasteiger partial charge in [0.1, 0.15) is 12.7 Å². The third-order valence-electron chi connectivity index (χ3n) is 4.57. The van der Waals surface area contributed by atoms with Crippen molar-refractivity contribution in [2.75, 3.05) is 46.9 Å². The number of nitrogens with zero attached hydrogens (tertiary/aromatic N) is 2. The summed E-state index contributed by atoms with van der Waals surface area (Å²) in [6, 6.07) is 5.97. The first-order chi connectivity index (χ1) is 12.5. The predicted octanol–water partition coefficient (Wildman–Crippen LogP) is 2.93. The number of benzene rings is 1. The Balaban J connectivity index is 1.91. The van der Waals surface area contributed by atoms with E-state index in [1.807, 2.05) is 25.1 Å². The maximum absolute atomic E-state index is 10.3. The Bertz CT molecular complexity index is 570. The summed E-state index contributed by atoms with van der Waals surface area (Å²) < 4.78 is 11.3. The van der Waals surface area contributed by atoms with E-state index in [1.54, 1.807) is 7.11 Å². The molecule has 1 atom stereocenters. The number of likely N-dealkylation sites (tertiary alicyclic amines) is 1. The minimum absolute atomic E-state index is 0.276. The van der Waals surface area contributed by atoms with Crippen molar-refractivity contribution >= 4 is 0 Å². The Morgan fingerprint density at radius 1 is 1.27 bits per heavy atom. The maximum Gasteiger partial charge on any atom is 0.161 e. The normalized spacial score (nSPS) is 16.5. The number of hydrogen-bond donors (Lipinski definition) is 1. The van der Waals surface area contributed by atoms with Crippen LogP contribution in [0, 0.1) is 0 Å². The largest absolute Gasteiger partial charge is 0.493 e. The highest BCUT2D eigenvalue weighted by atomic mass is 16.5. The molecule has 146 valence electrons. The van der Waals surface area contributed by atoms with E-state index in [0.29, 0.717) is 18.0 Å². The summed E-state index contributed by atoms with van der Waals surface area (Å²) >= 11 is 0. The first kappa shape index (κ1) is 20.7. The molecule has 1 aliphatic heterocycles. The molecular weight excluding hydrogens is 328 g/mol. The van der Waals surface area contributed by atoms with Gasteiger partial charge in [0.25, 0.3) is 0 Å². The van der Waals surface area contributed by atoms with Crippen LogP contribution in [0.15, 0.2) is 30.4 Å². The average Bonchev–Trinajstić information content (AvgIpc) is 2.60. The molecule has 0 aliphatic carbocycles. The lowest BCUT2D eigenvalue weighted by atomic mass is 10.1. The van der Waals surface area contributed by atoms with Gasteiger partial charge in [0.15, 0.2) is 11.5 Å². The minimum atomic E-state index is -0.493. The molecule has 0 amide bonds. The van der Waals surface area contributed by atoms with Crippen LogP contribution >= 0.6 is 0 Å². The summed E-state index contributed by atoms with van der Waals surface area (Å²) in [7, 11) is 3.71. The van der Waals surface area contributed by atoms with Crippen LogP contribution in [0.25, 0.3) is 0 Å². The molecule has 26 heavy (non-hydrogen) atoms. The van der Waals surface area contributed by atoms with Crippen molar-refractivity contribution in [3.8, 4) is 11.5 Å². The number of ether oxygens (including phenoxy) is 2. The minimum Gasteiger partial charge on any atom is -0.493 e. The van der Waals surface area contributed by atoms with Crippen molar-refractivity contribution in [1.29, 1.82) is 0 Å². The second-order valence-corrected chi connectivity index (χ2v) is 7.44. The van der Waals surface area contributed by atoms with Crippen molar-refractivity contribution < 1.29 is 14.6 Å². The highest BCUT2D eigenvalue weighted by Crippen LogP contribution is 2.28. The van der Waals surface area contributed by atoms with Gasteiger partial charge >= 0.3 is 0 Å². The molecule has 1 aromatic carbocycles. The average molecular weight is 363 g/mol. The van der Waals surface area contributed by atoms with Gasteiger partial charge in [0.2, 0.25) is 0 Å². The number of aliphatic hydroxyl groups is 1. The summed E-state index contributed by atoms with van der Waals surface area (Å²) in [4.78, 5) is 4.52. The fourth-order valence-corrected chi connectivity index (χ4v) is 3.44. The monoisotopic (exact) mass is 362 g/mol. The van der Waals surface area contributed by atoms with E-state index in [4.69, 9.17) is 9.47 Å². The van der Waals surface area contributed by atoms with E-state index in [-0.39, 0.29) is 6.61 Å². The van der Waals surface area contributed by atoms with Crippen LogP contribution in [0.3, 0.4) is 0 Å². The fraction of sp³-hybridized carbons (Fsp3) is 0.619. The standard InChI is InChI=1S/C21H34N2O3/c1-17(2)13-22(3)14-18-8-9-20(25-4)21(12-18)26-16-19(24)15-23-10-6-5-7-11-23/h8-9,12,19,24H,1,5-7,10-11,13-16H2,2-4H3/t19-/m1/s1. The zero-order valence-corrected chi connectivity index (χ0v) is 16.5. The third kappa shape index (κ3) is 6.98. The molecule has 5 nitrogen and oxygen atoms in total. The molecule has 0 bridgehead atoms.